The van der Waals surface area contributed by atoms with Crippen LogP contribution >= 0.6 is 61.7 Å². The summed E-state index contributed by atoms with van der Waals surface area (Å²) in [6, 6.07) is 11.0. The molecule has 0 fully saturated rings. The van der Waals surface area contributed by atoms with Gasteiger partial charge in [-0.05, 0) is 59.0 Å². The number of nitrogens with one attached hydrogen (secondary N) is 1. The molecule has 0 atom stereocenters. The zero-order valence-corrected chi connectivity index (χ0v) is 20.8. The number of nitro groups is 1. The van der Waals surface area contributed by atoms with Crippen LogP contribution in [0.4, 0.5) is 5.69 Å². The minimum Gasteiger partial charge on any atom is -0.455 e. The minimum atomic E-state index is -0.610. The molecule has 2 heterocycles. The van der Waals surface area contributed by atoms with E-state index in [0.717, 1.165) is 13.4 Å². The van der Waals surface area contributed by atoms with E-state index in [1.807, 2.05) is 12.1 Å². The molecule has 1 amide bonds. The van der Waals surface area contributed by atoms with Crippen molar-refractivity contribution < 1.29 is 18.6 Å². The average molecular weight is 649 g/mol. The zero-order valence-electron chi connectivity index (χ0n) is 15.6. The first-order chi connectivity index (χ1) is 15.2. The normalized spacial score (nSPS) is 11.4. The molecule has 0 spiro atoms. The first-order valence-electron chi connectivity index (χ1n) is 8.68. The predicted molar refractivity (Wildman–Crippen MR) is 133 cm³/mol. The molecule has 12 heteroatoms. The fourth-order valence-corrected chi connectivity index (χ4v) is 5.04. The van der Waals surface area contributed by atoms with E-state index >= 15 is 0 Å². The Balaban J connectivity index is 1.50. The van der Waals surface area contributed by atoms with Crippen molar-refractivity contribution in [1.29, 1.82) is 0 Å². The van der Waals surface area contributed by atoms with Gasteiger partial charge in [-0.15, -0.1) is 0 Å². The lowest BCUT2D eigenvalue weighted by molar-refractivity contribution is -0.384. The maximum atomic E-state index is 12.3. The smallest absolute Gasteiger partial charge is 0.307 e. The predicted octanol–water partition coefficient (Wildman–Crippen LogP) is 7.04. The van der Waals surface area contributed by atoms with Gasteiger partial charge in [-0.25, -0.2) is 5.43 Å². The quantitative estimate of drug-likeness (QED) is 0.108. The number of hydrazone groups is 1. The third kappa shape index (κ3) is 4.68. The van der Waals surface area contributed by atoms with Crippen LogP contribution in [0.5, 0.6) is 0 Å². The van der Waals surface area contributed by atoms with Crippen molar-refractivity contribution in [2.45, 2.75) is 0 Å². The number of carbonyl (C=O) groups is 1. The lowest BCUT2D eigenvalue weighted by atomic mass is 10.1. The van der Waals surface area contributed by atoms with Gasteiger partial charge in [-0.3, -0.25) is 14.9 Å². The number of nitrogens with zero attached hydrogens (tertiary/aromatic N) is 2. The second-order valence-corrected chi connectivity index (χ2v) is 9.25. The summed E-state index contributed by atoms with van der Waals surface area (Å²) in [5, 5.41) is 15.9. The zero-order chi connectivity index (χ0) is 23.0. The number of carbonyl (C=O) groups excluding carboxylic acids is 1. The van der Waals surface area contributed by atoms with Gasteiger partial charge in [0, 0.05) is 21.5 Å². The summed E-state index contributed by atoms with van der Waals surface area (Å²) in [5.41, 5.74) is 2.97. The molecule has 4 rings (SSSR count). The fourth-order valence-electron chi connectivity index (χ4n) is 2.83. The number of rotatable bonds is 5. The van der Waals surface area contributed by atoms with Crippen LogP contribution < -0.4 is 5.43 Å². The highest BCUT2D eigenvalue weighted by Gasteiger charge is 2.19. The van der Waals surface area contributed by atoms with Crippen molar-refractivity contribution in [2.75, 3.05) is 0 Å². The average Bonchev–Trinajstić information content (AvgIpc) is 3.35. The molecule has 0 unspecified atom stereocenters. The van der Waals surface area contributed by atoms with Crippen molar-refractivity contribution in [3.8, 4) is 11.3 Å². The van der Waals surface area contributed by atoms with Crippen molar-refractivity contribution in [3.05, 3.63) is 82.2 Å². The first-order valence-corrected chi connectivity index (χ1v) is 11.3. The Labute approximate surface area is 212 Å². The van der Waals surface area contributed by atoms with E-state index in [0.29, 0.717) is 11.1 Å². The standard InChI is InChI=1S/C20H9BrCl2IN3O5/c21-10-3-9-4-18(32-19(9)15(24)5-10)20(28)26-25-8-11-1-2-17(31-11)12-6-16(27(29)30)14(23)7-13(12)22/h1-8H,(H,26,28)/b25-8-. The summed E-state index contributed by atoms with van der Waals surface area (Å²) in [6.07, 6.45) is 1.28. The van der Waals surface area contributed by atoms with Crippen LogP contribution in [0.15, 0.2) is 60.9 Å². The molecular weight excluding hydrogens is 640 g/mol. The Morgan fingerprint density at radius 3 is 2.69 bits per heavy atom. The topological polar surface area (TPSA) is 111 Å². The highest BCUT2D eigenvalue weighted by molar-refractivity contribution is 14.1. The van der Waals surface area contributed by atoms with E-state index in [9.17, 15) is 14.9 Å². The highest BCUT2D eigenvalue weighted by Crippen LogP contribution is 2.37. The highest BCUT2D eigenvalue weighted by atomic mass is 127. The summed E-state index contributed by atoms with van der Waals surface area (Å²) in [4.78, 5) is 22.8. The number of fused-ring (bicyclic) bond motifs is 1. The van der Waals surface area contributed by atoms with Gasteiger partial charge in [0.25, 0.3) is 5.69 Å². The molecule has 32 heavy (non-hydrogen) atoms. The van der Waals surface area contributed by atoms with Crippen LogP contribution in [0.25, 0.3) is 22.3 Å². The van der Waals surface area contributed by atoms with E-state index in [4.69, 9.17) is 32.0 Å². The molecule has 0 aliphatic carbocycles. The number of furan rings is 2. The maximum absolute atomic E-state index is 12.3. The summed E-state index contributed by atoms with van der Waals surface area (Å²) in [6.45, 7) is 0. The molecule has 1 N–H and O–H groups in total. The van der Waals surface area contributed by atoms with Crippen molar-refractivity contribution in [1.82, 2.24) is 5.43 Å². The Kier molecular flexibility index (Phi) is 6.56. The van der Waals surface area contributed by atoms with Gasteiger partial charge in [0.05, 0.1) is 19.7 Å². The molecule has 2 aromatic carbocycles. The van der Waals surface area contributed by atoms with Gasteiger partial charge in [-0.2, -0.15) is 5.10 Å². The summed E-state index contributed by atoms with van der Waals surface area (Å²) in [5.74, 6) is 0.137. The molecule has 0 aliphatic rings. The Morgan fingerprint density at radius 1 is 1.16 bits per heavy atom. The van der Waals surface area contributed by atoms with Gasteiger partial charge in [0.2, 0.25) is 0 Å². The number of nitro benzene ring substituents is 1. The van der Waals surface area contributed by atoms with Gasteiger partial charge < -0.3 is 8.83 Å². The van der Waals surface area contributed by atoms with Gasteiger partial charge in [0.1, 0.15) is 22.1 Å². The van der Waals surface area contributed by atoms with Gasteiger partial charge in [-0.1, -0.05) is 39.1 Å². The molecule has 8 nitrogen and oxygen atoms in total. The minimum absolute atomic E-state index is 0.0764. The van der Waals surface area contributed by atoms with E-state index in [1.165, 1.54) is 18.3 Å². The molecule has 0 saturated heterocycles. The molecule has 0 aliphatic heterocycles. The van der Waals surface area contributed by atoms with Crippen molar-refractivity contribution >= 4 is 90.5 Å². The van der Waals surface area contributed by atoms with Crippen LogP contribution in [0.1, 0.15) is 16.3 Å². The third-order valence-corrected chi connectivity index (χ3v) is 6.12. The van der Waals surface area contributed by atoms with Crippen LogP contribution in [-0.4, -0.2) is 17.0 Å². The first kappa shape index (κ1) is 22.8. The molecule has 0 saturated carbocycles. The Morgan fingerprint density at radius 2 is 1.94 bits per heavy atom. The van der Waals surface area contributed by atoms with Crippen molar-refractivity contribution in [3.63, 3.8) is 0 Å². The maximum Gasteiger partial charge on any atom is 0.307 e. The SMILES string of the molecule is O=C(N/N=C\c1ccc(-c2cc([N+](=O)[O-])c(Cl)cc2Cl)o1)c1cc2cc(Br)cc(I)c2o1. The number of halogens is 4. The molecule has 4 aromatic rings. The van der Waals surface area contributed by atoms with Crippen LogP contribution in [0, 0.1) is 13.7 Å². The van der Waals surface area contributed by atoms with Crippen LogP contribution in [-0.2, 0) is 0 Å². The van der Waals surface area contributed by atoms with Gasteiger partial charge in [0.15, 0.2) is 5.76 Å². The summed E-state index contributed by atoms with van der Waals surface area (Å²) in [7, 11) is 0. The summed E-state index contributed by atoms with van der Waals surface area (Å²) < 4.78 is 13.0. The number of hydrogen-bond donors (Lipinski definition) is 1. The Hall–Kier alpha value is -2.41. The molecule has 0 bridgehead atoms. The van der Waals surface area contributed by atoms with E-state index in [-0.39, 0.29) is 33.0 Å². The monoisotopic (exact) mass is 647 g/mol. The summed E-state index contributed by atoms with van der Waals surface area (Å²) >= 11 is 17.5. The molecule has 162 valence electrons. The van der Waals surface area contributed by atoms with Gasteiger partial charge >= 0.3 is 5.91 Å². The van der Waals surface area contributed by atoms with Crippen LogP contribution in [0.3, 0.4) is 0 Å². The Bertz CT molecular complexity index is 1420. The third-order valence-electron chi connectivity index (χ3n) is 4.24. The second-order valence-electron chi connectivity index (χ2n) is 6.36. The molecule has 0 radical (unpaired) electrons. The lowest BCUT2D eigenvalue weighted by Gasteiger charge is -2.02. The largest absolute Gasteiger partial charge is 0.455 e. The van der Waals surface area contributed by atoms with E-state index < -0.39 is 10.8 Å². The van der Waals surface area contributed by atoms with Crippen LogP contribution in [0.2, 0.25) is 10.0 Å². The lowest BCUT2D eigenvalue weighted by Crippen LogP contribution is -2.16. The van der Waals surface area contributed by atoms with Crippen molar-refractivity contribution in [2.24, 2.45) is 5.10 Å². The van der Waals surface area contributed by atoms with E-state index in [2.05, 4.69) is 49.0 Å². The molecule has 2 aromatic heterocycles. The van der Waals surface area contributed by atoms with E-state index in [1.54, 1.807) is 18.2 Å². The number of amides is 1. The molecular formula is C20H9BrCl2IN3O5. The second kappa shape index (κ2) is 9.22. The fraction of sp³-hybridized carbons (Fsp3) is 0. The number of benzene rings is 2. The number of hydrogen-bond acceptors (Lipinski definition) is 6.